The lowest BCUT2D eigenvalue weighted by Gasteiger charge is -2.41. The first-order valence-electron chi connectivity index (χ1n) is 11.9. The quantitative estimate of drug-likeness (QED) is 0.108. The van der Waals surface area contributed by atoms with Crippen molar-refractivity contribution in [2.75, 3.05) is 12.3 Å². The number of nitrogens with one attached hydrogen (secondary N) is 2. The number of nitrogens with two attached hydrogens (primary N) is 1. The van der Waals surface area contributed by atoms with Gasteiger partial charge in [-0.25, -0.2) is 18.9 Å². The van der Waals surface area contributed by atoms with Gasteiger partial charge in [-0.2, -0.15) is 9.29 Å². The number of carboxylic acid groups (broad SMARTS) is 1. The minimum Gasteiger partial charge on any atom is -0.479 e. The number of anilines is 1. The number of imidazole rings is 1. The van der Waals surface area contributed by atoms with Gasteiger partial charge < -0.3 is 55.8 Å². The largest absolute Gasteiger partial charge is 0.483 e. The zero-order valence-electron chi connectivity index (χ0n) is 21.5. The molecule has 1 amide bonds. The number of hydrogen-bond acceptors (Lipinski definition) is 17. The summed E-state index contributed by atoms with van der Waals surface area (Å²) in [6.45, 7) is -0.113. The molecule has 11 N–H and O–H groups in total. The molecule has 25 heteroatoms. The van der Waals surface area contributed by atoms with Crippen molar-refractivity contribution in [3.63, 3.8) is 0 Å². The number of aromatic nitrogens is 4. The molecular formula is C18H26N6O17P2. The lowest BCUT2D eigenvalue weighted by atomic mass is 9.97. The van der Waals surface area contributed by atoms with Crippen LogP contribution in [0.5, 0.6) is 0 Å². The summed E-state index contributed by atoms with van der Waals surface area (Å²) in [5, 5.41) is 52.2. The number of nitrogen functional groups attached to an aromatic ring is 1. The number of nitrogens with zero attached hydrogens (tertiary/aromatic N) is 3. The minimum atomic E-state index is -5.76. The van der Waals surface area contributed by atoms with Crippen molar-refractivity contribution in [2.24, 2.45) is 0 Å². The number of amides is 1. The number of aliphatic hydroxyl groups is 4. The lowest BCUT2D eigenvalue weighted by molar-refractivity contribution is -0.243. The number of ether oxygens (including phenoxy) is 2. The van der Waals surface area contributed by atoms with E-state index < -0.39 is 94.9 Å². The van der Waals surface area contributed by atoms with Crippen molar-refractivity contribution in [3.8, 4) is 0 Å². The van der Waals surface area contributed by atoms with Crippen LogP contribution in [0.4, 0.5) is 5.95 Å². The third-order valence-corrected chi connectivity index (χ3v) is 8.72. The smallest absolute Gasteiger partial charge is 0.479 e. The Morgan fingerprint density at radius 2 is 1.79 bits per heavy atom. The maximum absolute atomic E-state index is 12.5. The maximum atomic E-state index is 12.5. The van der Waals surface area contributed by atoms with E-state index in [1.165, 1.54) is 0 Å². The molecule has 240 valence electrons. The standard InChI is InChI=1S/C18H26N6O17P2/c1-4(25)21-6-9(27)10(28)12(16(31)32)39-17(6)40-43(35,36)41-42(33,34)37-2-5-8(26)11(29)15(38-5)24-3-20-7-13(24)22-18(19)23-14(7)30/h3,5-6,8-12,15,17,26-29H,2H2,1H3,(H,21,25)(H,31,32)(H,33,34)(H,35,36)(H3,19,22,23,30)/t5-,6+,8-,9-,10+,11-,12+,15-,17-/m1/s1. The number of carboxylic acids is 1. The van der Waals surface area contributed by atoms with Gasteiger partial charge in [-0.1, -0.05) is 0 Å². The molecule has 11 atom stereocenters. The zero-order valence-corrected chi connectivity index (χ0v) is 23.3. The van der Waals surface area contributed by atoms with Gasteiger partial charge in [-0.3, -0.25) is 28.2 Å². The molecule has 2 saturated heterocycles. The molecule has 4 heterocycles. The molecule has 2 aromatic rings. The third kappa shape index (κ3) is 7.10. The number of H-pyrrole nitrogens is 1. The number of aromatic amines is 1. The molecule has 0 spiro atoms. The summed E-state index contributed by atoms with van der Waals surface area (Å²) >= 11 is 0. The molecule has 2 unspecified atom stereocenters. The monoisotopic (exact) mass is 660 g/mol. The van der Waals surface area contributed by atoms with Crippen molar-refractivity contribution in [1.82, 2.24) is 24.8 Å². The predicted octanol–water partition coefficient (Wildman–Crippen LogP) is -4.39. The summed E-state index contributed by atoms with van der Waals surface area (Å²) in [6.07, 6.45) is -14.3. The number of hydrogen-bond donors (Lipinski definition) is 10. The van der Waals surface area contributed by atoms with E-state index >= 15 is 0 Å². The molecule has 2 fully saturated rings. The summed E-state index contributed by atoms with van der Waals surface area (Å²) in [7, 11) is -11.4. The van der Waals surface area contributed by atoms with Crippen molar-refractivity contribution in [2.45, 2.75) is 62.1 Å². The van der Waals surface area contributed by atoms with Gasteiger partial charge in [0.05, 0.1) is 12.9 Å². The molecule has 0 radical (unpaired) electrons. The Labute approximate surface area is 238 Å². The average molecular weight is 660 g/mol. The number of fused-ring (bicyclic) bond motifs is 1. The summed E-state index contributed by atoms with van der Waals surface area (Å²) in [5.41, 5.74) is 4.48. The number of carbonyl (C=O) groups is 2. The number of phosphoric ester groups is 2. The lowest BCUT2D eigenvalue weighted by Crippen LogP contribution is -2.65. The van der Waals surface area contributed by atoms with Gasteiger partial charge in [0.1, 0.15) is 36.6 Å². The minimum absolute atomic E-state index is 0.140. The molecule has 23 nitrogen and oxygen atoms in total. The Bertz CT molecular complexity index is 1530. The molecule has 43 heavy (non-hydrogen) atoms. The highest BCUT2D eigenvalue weighted by atomic mass is 31.3. The second kappa shape index (κ2) is 12.2. The number of carbonyl (C=O) groups excluding carboxylic acids is 1. The van der Waals surface area contributed by atoms with Crippen LogP contribution in [0.2, 0.25) is 0 Å². The van der Waals surface area contributed by atoms with Gasteiger partial charge in [-0.05, 0) is 0 Å². The Balaban J connectivity index is 1.43. The van der Waals surface area contributed by atoms with E-state index in [4.69, 9.17) is 15.2 Å². The fraction of sp³-hybridized carbons (Fsp3) is 0.611. The molecule has 0 saturated carbocycles. The maximum Gasteiger partial charge on any atom is 0.483 e. The van der Waals surface area contributed by atoms with E-state index in [1.807, 2.05) is 5.32 Å². The van der Waals surface area contributed by atoms with Gasteiger partial charge in [0, 0.05) is 6.92 Å². The first-order chi connectivity index (χ1) is 19.9. The van der Waals surface area contributed by atoms with Crippen LogP contribution in [0.3, 0.4) is 0 Å². The van der Waals surface area contributed by atoms with E-state index in [9.17, 15) is 58.8 Å². The van der Waals surface area contributed by atoms with Crippen LogP contribution in [-0.2, 0) is 41.6 Å². The second-order valence-electron chi connectivity index (χ2n) is 9.21. The molecule has 2 aliphatic heterocycles. The van der Waals surface area contributed by atoms with Crippen molar-refractivity contribution in [3.05, 3.63) is 16.7 Å². The molecule has 0 bridgehead atoms. The summed E-state index contributed by atoms with van der Waals surface area (Å²) in [6, 6.07) is -1.86. The predicted molar refractivity (Wildman–Crippen MR) is 132 cm³/mol. The Hall–Kier alpha value is -2.89. The van der Waals surface area contributed by atoms with Gasteiger partial charge in [0.15, 0.2) is 29.8 Å². The van der Waals surface area contributed by atoms with E-state index in [0.717, 1.165) is 17.8 Å². The average Bonchev–Trinajstić information content (AvgIpc) is 3.42. The van der Waals surface area contributed by atoms with Crippen LogP contribution in [0.1, 0.15) is 13.2 Å². The number of phosphoric acid groups is 2. The van der Waals surface area contributed by atoms with E-state index in [0.29, 0.717) is 0 Å². The first-order valence-corrected chi connectivity index (χ1v) is 14.8. The van der Waals surface area contributed by atoms with Crippen molar-refractivity contribution in [1.29, 1.82) is 0 Å². The molecule has 2 aromatic heterocycles. The molecular weight excluding hydrogens is 634 g/mol. The number of rotatable bonds is 10. The van der Waals surface area contributed by atoms with Crippen LogP contribution < -0.4 is 16.6 Å². The topological polar surface area (TPSA) is 358 Å². The van der Waals surface area contributed by atoms with E-state index in [-0.39, 0.29) is 17.1 Å². The molecule has 0 aromatic carbocycles. The van der Waals surface area contributed by atoms with Crippen LogP contribution in [-0.4, -0.2) is 122 Å². The second-order valence-corrected chi connectivity index (χ2v) is 12.2. The highest BCUT2D eigenvalue weighted by Crippen LogP contribution is 2.61. The van der Waals surface area contributed by atoms with Gasteiger partial charge in [-0.15, -0.1) is 0 Å². The fourth-order valence-electron chi connectivity index (χ4n) is 4.24. The van der Waals surface area contributed by atoms with Gasteiger partial charge in [0.25, 0.3) is 5.56 Å². The van der Waals surface area contributed by atoms with E-state index in [2.05, 4.69) is 28.3 Å². The van der Waals surface area contributed by atoms with Crippen LogP contribution in [0.25, 0.3) is 11.2 Å². The number of aliphatic hydroxyl groups excluding tert-OH is 4. The van der Waals surface area contributed by atoms with Gasteiger partial charge >= 0.3 is 21.6 Å². The highest BCUT2D eigenvalue weighted by Gasteiger charge is 2.52. The van der Waals surface area contributed by atoms with Crippen LogP contribution >= 0.6 is 15.6 Å². The Morgan fingerprint density at radius 3 is 2.42 bits per heavy atom. The van der Waals surface area contributed by atoms with Crippen LogP contribution in [0, 0.1) is 0 Å². The summed E-state index contributed by atoms with van der Waals surface area (Å²) in [5.74, 6) is -3.01. The third-order valence-electron chi connectivity index (χ3n) is 6.12. The van der Waals surface area contributed by atoms with Crippen molar-refractivity contribution >= 4 is 44.6 Å². The molecule has 0 aliphatic carbocycles. The van der Waals surface area contributed by atoms with E-state index in [1.54, 1.807) is 0 Å². The Kier molecular flexibility index (Phi) is 9.40. The summed E-state index contributed by atoms with van der Waals surface area (Å²) < 4.78 is 49.7. The van der Waals surface area contributed by atoms with Crippen LogP contribution in [0.15, 0.2) is 11.1 Å². The zero-order chi connectivity index (χ0) is 32.0. The Morgan fingerprint density at radius 1 is 1.12 bits per heavy atom. The van der Waals surface area contributed by atoms with Crippen molar-refractivity contribution < 1.29 is 76.9 Å². The van der Waals surface area contributed by atoms with Gasteiger partial charge in [0.2, 0.25) is 11.9 Å². The molecule has 4 rings (SSSR count). The summed E-state index contributed by atoms with van der Waals surface area (Å²) in [4.78, 5) is 64.9. The normalized spacial score (nSPS) is 34.0. The number of aliphatic carboxylic acids is 1. The SMILES string of the molecule is CC(=O)N[C@@H]1[C@@H](OP(=O)(O)OP(=O)(O)OC[C@H]2O[C@@H](n3cnc4c(=O)[nH]c(N)nc43)[C@H](O)[C@@H]2O)O[C@H](C(=O)O)[C@@H](O)[C@@H]1O. The fourth-order valence-corrected chi connectivity index (χ4v) is 6.41. The highest BCUT2D eigenvalue weighted by molar-refractivity contribution is 7.61. The first kappa shape index (κ1) is 33.0. The molecule has 2 aliphatic rings.